The van der Waals surface area contributed by atoms with Gasteiger partial charge >= 0.3 is 0 Å². The van der Waals surface area contributed by atoms with Crippen molar-refractivity contribution >= 4 is 24.0 Å². The number of amides is 1. The minimum absolute atomic E-state index is 0. The summed E-state index contributed by atoms with van der Waals surface area (Å²) in [5.74, 6) is 6.02. The van der Waals surface area contributed by atoms with Crippen LogP contribution in [-0.4, -0.2) is 5.91 Å². The van der Waals surface area contributed by atoms with Crippen LogP contribution in [0.1, 0.15) is 50.5 Å². The quantitative estimate of drug-likeness (QED) is 0.468. The molecule has 3 nitrogen and oxygen atoms in total. The molecule has 0 saturated carbocycles. The summed E-state index contributed by atoms with van der Waals surface area (Å²) in [4.78, 5) is 12.9. The fourth-order valence-corrected chi connectivity index (χ4v) is 3.43. The zero-order chi connectivity index (χ0) is 16.2. The largest absolute Gasteiger partial charge is 0.272 e. The molecule has 128 valence electrons. The molecule has 0 spiro atoms. The number of para-hydroxylation sites is 1. The molecule has 0 aliphatic carbocycles. The van der Waals surface area contributed by atoms with Gasteiger partial charge in [0.15, 0.2) is 0 Å². The summed E-state index contributed by atoms with van der Waals surface area (Å²) in [5.41, 5.74) is 4.07. The van der Waals surface area contributed by atoms with E-state index in [9.17, 15) is 4.79 Å². The number of carbonyl (C=O) groups excluding carboxylic acids is 1. The number of rotatable bonds is 5. The second-order valence-electron chi connectivity index (χ2n) is 6.21. The molecule has 0 aromatic heterocycles. The van der Waals surface area contributed by atoms with E-state index in [1.807, 2.05) is 36.4 Å². The first-order valence-electron chi connectivity index (χ1n) is 8.51. The molecule has 4 heteroatoms. The number of anilines is 1. The van der Waals surface area contributed by atoms with Crippen LogP contribution in [0.25, 0.3) is 11.1 Å². The van der Waals surface area contributed by atoms with Crippen molar-refractivity contribution in [3.63, 3.8) is 0 Å². The van der Waals surface area contributed by atoms with Crippen LogP contribution in [0.4, 0.5) is 5.69 Å². The first kappa shape index (κ1) is 18.5. The average molecular weight is 345 g/mol. The Balaban J connectivity index is 0.00000208. The molecule has 0 radical (unpaired) electrons. The molecule has 1 aliphatic heterocycles. The van der Waals surface area contributed by atoms with E-state index in [0.29, 0.717) is 0 Å². The molecular formula is C20H25ClN2O. The van der Waals surface area contributed by atoms with E-state index in [-0.39, 0.29) is 24.2 Å². The molecular weight excluding hydrogens is 320 g/mol. The lowest BCUT2D eigenvalue weighted by atomic mass is 9.87. The number of hydrogen-bond donors (Lipinski definition) is 1. The summed E-state index contributed by atoms with van der Waals surface area (Å²) in [6, 6.07) is 16.1. The number of benzene rings is 2. The van der Waals surface area contributed by atoms with Gasteiger partial charge in [-0.1, -0.05) is 75.1 Å². The summed E-state index contributed by atoms with van der Waals surface area (Å²) in [6.45, 7) is 2.20. The van der Waals surface area contributed by atoms with Crippen LogP contribution in [0.2, 0.25) is 0 Å². The van der Waals surface area contributed by atoms with E-state index in [0.717, 1.165) is 35.2 Å². The maximum atomic E-state index is 12.9. The maximum Gasteiger partial charge on any atom is 0.248 e. The lowest BCUT2D eigenvalue weighted by Crippen LogP contribution is -2.40. The third kappa shape index (κ3) is 3.47. The van der Waals surface area contributed by atoms with Crippen molar-refractivity contribution < 1.29 is 4.79 Å². The smallest absolute Gasteiger partial charge is 0.248 e. The average Bonchev–Trinajstić information content (AvgIpc) is 2.68. The molecule has 1 aliphatic rings. The van der Waals surface area contributed by atoms with Crippen LogP contribution in [-0.2, 0) is 4.79 Å². The lowest BCUT2D eigenvalue weighted by Gasteiger charge is -2.21. The highest BCUT2D eigenvalue weighted by Crippen LogP contribution is 2.41. The van der Waals surface area contributed by atoms with Gasteiger partial charge in [-0.15, -0.1) is 12.4 Å². The van der Waals surface area contributed by atoms with Gasteiger partial charge in [0.05, 0.1) is 11.6 Å². The summed E-state index contributed by atoms with van der Waals surface area (Å²) in [7, 11) is 0. The molecule has 1 unspecified atom stereocenters. The number of halogens is 1. The van der Waals surface area contributed by atoms with Gasteiger partial charge < -0.3 is 0 Å². The molecule has 3 rings (SSSR count). The predicted molar refractivity (Wildman–Crippen MR) is 102 cm³/mol. The zero-order valence-corrected chi connectivity index (χ0v) is 14.9. The molecule has 0 fully saturated rings. The summed E-state index contributed by atoms with van der Waals surface area (Å²) in [5, 5.41) is 1.35. The van der Waals surface area contributed by atoms with Crippen LogP contribution in [0, 0.1) is 0 Å². The van der Waals surface area contributed by atoms with E-state index in [1.165, 1.54) is 24.3 Å². The van der Waals surface area contributed by atoms with Gasteiger partial charge in [-0.25, -0.2) is 10.9 Å². The normalized spacial score (nSPS) is 16.0. The number of nitrogens with zero attached hydrogens (tertiary/aromatic N) is 1. The lowest BCUT2D eigenvalue weighted by molar-refractivity contribution is -0.120. The van der Waals surface area contributed by atoms with Gasteiger partial charge in [-0.2, -0.15) is 0 Å². The molecule has 1 heterocycles. The second-order valence-corrected chi connectivity index (χ2v) is 6.21. The van der Waals surface area contributed by atoms with E-state index < -0.39 is 0 Å². The highest BCUT2D eigenvalue weighted by Gasteiger charge is 2.31. The van der Waals surface area contributed by atoms with Gasteiger partial charge in [-0.05, 0) is 23.6 Å². The SMILES string of the molecule is CCCCCCC1C(=O)N(N)c2ccccc2-c2ccccc21.Cl. The molecule has 2 N–H and O–H groups in total. The number of hydrogen-bond acceptors (Lipinski definition) is 2. The molecule has 2 aromatic carbocycles. The van der Waals surface area contributed by atoms with Crippen LogP contribution in [0.3, 0.4) is 0 Å². The number of unbranched alkanes of at least 4 members (excludes halogenated alkanes) is 3. The Kier molecular flexibility index (Phi) is 6.41. The second kappa shape index (κ2) is 8.32. The summed E-state index contributed by atoms with van der Waals surface area (Å²) in [6.07, 6.45) is 5.50. The maximum absolute atomic E-state index is 12.9. The highest BCUT2D eigenvalue weighted by atomic mass is 35.5. The van der Waals surface area contributed by atoms with Gasteiger partial charge in [0.2, 0.25) is 5.91 Å². The fraction of sp³-hybridized carbons (Fsp3) is 0.350. The molecule has 24 heavy (non-hydrogen) atoms. The number of carbonyl (C=O) groups is 1. The third-order valence-corrected chi connectivity index (χ3v) is 4.67. The van der Waals surface area contributed by atoms with Crippen molar-refractivity contribution in [2.75, 3.05) is 5.01 Å². The highest BCUT2D eigenvalue weighted by molar-refractivity contribution is 6.04. The van der Waals surface area contributed by atoms with Crippen molar-refractivity contribution in [3.05, 3.63) is 54.1 Å². The van der Waals surface area contributed by atoms with Crippen LogP contribution >= 0.6 is 12.4 Å². The molecule has 0 bridgehead atoms. The Bertz CT molecular complexity index is 702. The van der Waals surface area contributed by atoms with Crippen molar-refractivity contribution in [3.8, 4) is 11.1 Å². The van der Waals surface area contributed by atoms with Crippen molar-refractivity contribution in [1.29, 1.82) is 0 Å². The standard InChI is InChI=1S/C20H24N2O.ClH/c1-2-3-4-5-13-18-16-11-7-6-10-15(16)17-12-8-9-14-19(17)22(21)20(18)23;/h6-12,14,18H,2-5,13,21H2,1H3;1H. The summed E-state index contributed by atoms with van der Waals surface area (Å²) >= 11 is 0. The first-order valence-corrected chi connectivity index (χ1v) is 8.51. The first-order chi connectivity index (χ1) is 11.2. The third-order valence-electron chi connectivity index (χ3n) is 4.67. The Morgan fingerprint density at radius 1 is 0.958 bits per heavy atom. The minimum atomic E-state index is -0.152. The van der Waals surface area contributed by atoms with Crippen molar-refractivity contribution in [2.45, 2.75) is 44.9 Å². The Hall–Kier alpha value is -1.84. The Morgan fingerprint density at radius 2 is 1.62 bits per heavy atom. The van der Waals surface area contributed by atoms with Crippen LogP contribution < -0.4 is 10.9 Å². The number of fused-ring (bicyclic) bond motifs is 3. The number of nitrogens with two attached hydrogens (primary N) is 1. The van der Waals surface area contributed by atoms with Gasteiger partial charge in [0, 0.05) is 5.56 Å². The number of hydrazine groups is 1. The monoisotopic (exact) mass is 344 g/mol. The predicted octanol–water partition coefficient (Wildman–Crippen LogP) is 5.05. The Morgan fingerprint density at radius 3 is 2.38 bits per heavy atom. The topological polar surface area (TPSA) is 46.3 Å². The molecule has 0 saturated heterocycles. The van der Waals surface area contributed by atoms with Crippen LogP contribution in [0.15, 0.2) is 48.5 Å². The van der Waals surface area contributed by atoms with E-state index in [2.05, 4.69) is 19.1 Å². The molecule has 1 atom stereocenters. The van der Waals surface area contributed by atoms with Crippen LogP contribution in [0.5, 0.6) is 0 Å². The Labute approximate surface area is 150 Å². The zero-order valence-electron chi connectivity index (χ0n) is 14.1. The molecule has 2 aromatic rings. The summed E-state index contributed by atoms with van der Waals surface area (Å²) < 4.78 is 0. The van der Waals surface area contributed by atoms with Crippen molar-refractivity contribution in [1.82, 2.24) is 0 Å². The minimum Gasteiger partial charge on any atom is -0.272 e. The molecule has 1 amide bonds. The van der Waals surface area contributed by atoms with Gasteiger partial charge in [0.1, 0.15) is 0 Å². The van der Waals surface area contributed by atoms with Gasteiger partial charge in [-0.3, -0.25) is 4.79 Å². The van der Waals surface area contributed by atoms with Gasteiger partial charge in [0.25, 0.3) is 0 Å². The van der Waals surface area contributed by atoms with Crippen molar-refractivity contribution in [2.24, 2.45) is 5.84 Å². The van der Waals surface area contributed by atoms with E-state index in [1.54, 1.807) is 0 Å². The van der Waals surface area contributed by atoms with E-state index >= 15 is 0 Å². The fourth-order valence-electron chi connectivity index (χ4n) is 3.43. The van der Waals surface area contributed by atoms with E-state index in [4.69, 9.17) is 5.84 Å².